The number of aliphatic hydroxyl groups excluding tert-OH is 1. The number of aliphatic carboxylic acids is 1. The molecule has 2 aliphatic rings. The zero-order valence-corrected chi connectivity index (χ0v) is 18.9. The van der Waals surface area contributed by atoms with Gasteiger partial charge in [0.2, 0.25) is 5.91 Å². The first-order valence-electron chi connectivity index (χ1n) is 11.7. The minimum Gasteiger partial charge on any atom is -0.479 e. The number of rotatable bonds is 9. The summed E-state index contributed by atoms with van der Waals surface area (Å²) in [4.78, 5) is 35.2. The topological polar surface area (TPSA) is 125 Å². The number of amides is 2. The van der Waals surface area contributed by atoms with E-state index >= 15 is 0 Å². The summed E-state index contributed by atoms with van der Waals surface area (Å²) in [6.45, 7) is 0.376. The third kappa shape index (κ3) is 5.56. The fourth-order valence-corrected chi connectivity index (χ4v) is 5.00. The van der Waals surface area contributed by atoms with Crippen LogP contribution in [0.15, 0.2) is 48.5 Å². The fourth-order valence-electron chi connectivity index (χ4n) is 5.00. The van der Waals surface area contributed by atoms with Gasteiger partial charge in [-0.1, -0.05) is 48.5 Å². The fraction of sp³-hybridized carbons (Fsp3) is 0.423. The number of hydrogen-bond acceptors (Lipinski definition) is 5. The Morgan fingerprint density at radius 1 is 1.00 bits per heavy atom. The lowest BCUT2D eigenvalue weighted by molar-refractivity contribution is -0.147. The third-order valence-corrected chi connectivity index (χ3v) is 6.71. The molecule has 3 atom stereocenters. The summed E-state index contributed by atoms with van der Waals surface area (Å²) in [5, 5.41) is 23.5. The van der Waals surface area contributed by atoms with Crippen molar-refractivity contribution in [3.63, 3.8) is 0 Å². The maximum Gasteiger partial charge on any atom is 0.407 e. The van der Waals surface area contributed by atoms with E-state index in [0.717, 1.165) is 12.8 Å². The molecule has 0 spiro atoms. The van der Waals surface area contributed by atoms with Crippen LogP contribution in [-0.2, 0) is 14.3 Å². The quantitative estimate of drug-likeness (QED) is 0.450. The summed E-state index contributed by atoms with van der Waals surface area (Å²) in [5.41, 5.74) is 4.70. The number of ether oxygens (including phenoxy) is 1. The Kier molecular flexibility index (Phi) is 7.47. The minimum atomic E-state index is -1.47. The number of fused-ring (bicyclic) bond motifs is 3. The molecule has 2 aromatic carbocycles. The molecule has 34 heavy (non-hydrogen) atoms. The first-order valence-corrected chi connectivity index (χ1v) is 11.7. The van der Waals surface area contributed by atoms with E-state index in [-0.39, 0.29) is 43.4 Å². The van der Waals surface area contributed by atoms with Gasteiger partial charge in [0.1, 0.15) is 6.61 Å². The van der Waals surface area contributed by atoms with E-state index in [9.17, 15) is 19.5 Å². The molecule has 0 saturated heterocycles. The average Bonchev–Trinajstić information content (AvgIpc) is 3.39. The summed E-state index contributed by atoms with van der Waals surface area (Å²) in [6.07, 6.45) is 0.649. The Hall–Kier alpha value is -3.39. The van der Waals surface area contributed by atoms with Gasteiger partial charge in [-0.25, -0.2) is 9.59 Å². The van der Waals surface area contributed by atoms with Crippen molar-refractivity contribution in [1.29, 1.82) is 0 Å². The molecule has 180 valence electrons. The van der Waals surface area contributed by atoms with Crippen molar-refractivity contribution < 1.29 is 29.3 Å². The van der Waals surface area contributed by atoms with E-state index in [1.54, 1.807) is 0 Å². The van der Waals surface area contributed by atoms with Gasteiger partial charge in [0.15, 0.2) is 6.10 Å². The number of carbonyl (C=O) groups excluding carboxylic acids is 2. The molecule has 0 radical (unpaired) electrons. The molecule has 1 fully saturated rings. The number of carboxylic acids is 1. The maximum atomic E-state index is 12.5. The van der Waals surface area contributed by atoms with Crippen molar-refractivity contribution in [2.45, 2.75) is 50.2 Å². The van der Waals surface area contributed by atoms with E-state index in [2.05, 4.69) is 34.9 Å². The van der Waals surface area contributed by atoms with Gasteiger partial charge in [-0.3, -0.25) is 4.79 Å². The lowest BCUT2D eigenvalue weighted by Crippen LogP contribution is -2.34. The molecular formula is C26H30N2O6. The Labute approximate surface area is 198 Å². The van der Waals surface area contributed by atoms with Crippen molar-refractivity contribution >= 4 is 18.0 Å². The van der Waals surface area contributed by atoms with Crippen LogP contribution in [0.4, 0.5) is 4.79 Å². The number of aliphatic hydroxyl groups is 1. The van der Waals surface area contributed by atoms with Crippen molar-refractivity contribution in [1.82, 2.24) is 10.6 Å². The van der Waals surface area contributed by atoms with Crippen molar-refractivity contribution in [3.05, 3.63) is 59.7 Å². The Morgan fingerprint density at radius 2 is 1.65 bits per heavy atom. The van der Waals surface area contributed by atoms with Crippen LogP contribution in [0.5, 0.6) is 0 Å². The van der Waals surface area contributed by atoms with E-state index in [4.69, 9.17) is 9.84 Å². The van der Waals surface area contributed by atoms with Crippen LogP contribution in [-0.4, -0.2) is 53.5 Å². The number of carboxylic acid groups (broad SMARTS) is 1. The SMILES string of the molecule is O=C(C[C@H]1CC[C@@H](NC(=O)OCC2c3ccccc3-c3ccccc32)C1)NCC[C@H](O)C(=O)O. The molecule has 0 unspecified atom stereocenters. The van der Waals surface area contributed by atoms with Gasteiger partial charge in [-0.15, -0.1) is 0 Å². The maximum absolute atomic E-state index is 12.5. The smallest absolute Gasteiger partial charge is 0.407 e. The molecule has 4 N–H and O–H groups in total. The predicted molar refractivity (Wildman–Crippen MR) is 125 cm³/mol. The first kappa shape index (κ1) is 23.8. The van der Waals surface area contributed by atoms with E-state index < -0.39 is 18.2 Å². The molecule has 0 aliphatic heterocycles. The van der Waals surface area contributed by atoms with E-state index in [1.165, 1.54) is 22.3 Å². The van der Waals surface area contributed by atoms with E-state index in [0.29, 0.717) is 12.8 Å². The minimum absolute atomic E-state index is 0.0119. The zero-order chi connectivity index (χ0) is 24.1. The van der Waals surface area contributed by atoms with Gasteiger partial charge in [0.05, 0.1) is 0 Å². The molecule has 2 amide bonds. The summed E-state index contributed by atoms with van der Waals surface area (Å²) < 4.78 is 5.61. The van der Waals surface area contributed by atoms with Crippen molar-refractivity contribution in [2.24, 2.45) is 5.92 Å². The number of hydrogen-bond donors (Lipinski definition) is 4. The van der Waals surface area contributed by atoms with Gasteiger partial charge in [-0.2, -0.15) is 0 Å². The van der Waals surface area contributed by atoms with Crippen LogP contribution in [0.2, 0.25) is 0 Å². The molecule has 2 aromatic rings. The van der Waals surface area contributed by atoms with Crippen LogP contribution in [0, 0.1) is 5.92 Å². The lowest BCUT2D eigenvalue weighted by Gasteiger charge is -2.17. The highest BCUT2D eigenvalue weighted by atomic mass is 16.5. The molecule has 2 aliphatic carbocycles. The van der Waals surface area contributed by atoms with Crippen LogP contribution < -0.4 is 10.6 Å². The Bertz CT molecular complexity index is 1010. The normalized spacial score (nSPS) is 19.7. The molecular weight excluding hydrogens is 436 g/mol. The second-order valence-electron chi connectivity index (χ2n) is 9.04. The molecule has 1 saturated carbocycles. The highest BCUT2D eigenvalue weighted by molar-refractivity contribution is 5.79. The van der Waals surface area contributed by atoms with Crippen LogP contribution in [0.25, 0.3) is 11.1 Å². The summed E-state index contributed by atoms with van der Waals surface area (Å²) >= 11 is 0. The molecule has 0 heterocycles. The number of carbonyl (C=O) groups is 3. The predicted octanol–water partition coefficient (Wildman–Crippen LogP) is 3.04. The Balaban J connectivity index is 1.21. The standard InChI is InChI=1S/C26H30N2O6/c29-23(25(31)32)11-12-27-24(30)14-16-9-10-17(13-16)28-26(33)34-15-22-20-7-3-1-5-18(20)19-6-2-4-8-21(19)22/h1-8,16-17,22-23,29H,9-15H2,(H,27,30)(H,28,33)(H,31,32)/t16-,17+,23-/m0/s1. The van der Waals surface area contributed by atoms with Gasteiger partial charge in [-0.05, 0) is 47.4 Å². The summed E-state index contributed by atoms with van der Waals surface area (Å²) in [6, 6.07) is 16.3. The summed E-state index contributed by atoms with van der Waals surface area (Å²) in [7, 11) is 0. The van der Waals surface area contributed by atoms with Crippen LogP contribution in [0.1, 0.15) is 49.1 Å². The second-order valence-corrected chi connectivity index (χ2v) is 9.04. The van der Waals surface area contributed by atoms with Gasteiger partial charge in [0.25, 0.3) is 0 Å². The molecule has 8 heteroatoms. The van der Waals surface area contributed by atoms with Gasteiger partial charge < -0.3 is 25.6 Å². The number of benzene rings is 2. The van der Waals surface area contributed by atoms with Crippen molar-refractivity contribution in [2.75, 3.05) is 13.2 Å². The molecule has 0 aromatic heterocycles. The molecule has 4 rings (SSSR count). The van der Waals surface area contributed by atoms with Crippen LogP contribution >= 0.6 is 0 Å². The molecule has 8 nitrogen and oxygen atoms in total. The number of nitrogens with one attached hydrogen (secondary N) is 2. The van der Waals surface area contributed by atoms with Gasteiger partial charge in [0, 0.05) is 31.3 Å². The van der Waals surface area contributed by atoms with Crippen LogP contribution in [0.3, 0.4) is 0 Å². The lowest BCUT2D eigenvalue weighted by atomic mass is 9.98. The average molecular weight is 467 g/mol. The van der Waals surface area contributed by atoms with Crippen molar-refractivity contribution in [3.8, 4) is 11.1 Å². The number of alkyl carbamates (subject to hydrolysis) is 1. The molecule has 0 bridgehead atoms. The first-order chi connectivity index (χ1) is 16.4. The summed E-state index contributed by atoms with van der Waals surface area (Å²) in [5.74, 6) is -1.32. The third-order valence-electron chi connectivity index (χ3n) is 6.71. The highest BCUT2D eigenvalue weighted by Crippen LogP contribution is 2.44. The van der Waals surface area contributed by atoms with E-state index in [1.807, 2.05) is 24.3 Å². The second kappa shape index (κ2) is 10.7. The monoisotopic (exact) mass is 466 g/mol. The zero-order valence-electron chi connectivity index (χ0n) is 18.9. The van der Waals surface area contributed by atoms with Gasteiger partial charge >= 0.3 is 12.1 Å². The highest BCUT2D eigenvalue weighted by Gasteiger charge is 2.31. The Morgan fingerprint density at radius 3 is 2.29 bits per heavy atom. The largest absolute Gasteiger partial charge is 0.479 e.